The molecule has 0 aliphatic carbocycles. The third-order valence-corrected chi connectivity index (χ3v) is 2.17. The van der Waals surface area contributed by atoms with E-state index in [0.717, 1.165) is 5.56 Å². The van der Waals surface area contributed by atoms with Crippen LogP contribution in [0.25, 0.3) is 0 Å². The van der Waals surface area contributed by atoms with Gasteiger partial charge in [-0.25, -0.2) is 0 Å². The van der Waals surface area contributed by atoms with E-state index in [1.807, 2.05) is 13.0 Å². The monoisotopic (exact) mass is 185 g/mol. The molecule has 0 aliphatic heterocycles. The highest BCUT2D eigenvalue weighted by Crippen LogP contribution is 2.23. The summed E-state index contributed by atoms with van der Waals surface area (Å²) in [5, 5.41) is 10.8. The maximum Gasteiger partial charge on any atom is 0.0125 e. The zero-order valence-electron chi connectivity index (χ0n) is 5.02. The highest BCUT2D eigenvalue weighted by Gasteiger charge is 1.89. The van der Waals surface area contributed by atoms with E-state index in [0.29, 0.717) is 4.47 Å². The van der Waals surface area contributed by atoms with E-state index in [-0.39, 0.29) is 5.75 Å². The first-order valence-corrected chi connectivity index (χ1v) is 3.43. The molecular weight excluding hydrogens is 180 g/mol. The van der Waals surface area contributed by atoms with Crippen LogP contribution in [0.4, 0.5) is 0 Å². The van der Waals surface area contributed by atoms with E-state index in [4.69, 9.17) is 0 Å². The Morgan fingerprint density at radius 2 is 2.11 bits per heavy atom. The molecule has 0 bridgehead atoms. The van der Waals surface area contributed by atoms with Crippen LogP contribution in [0.1, 0.15) is 5.56 Å². The number of rotatable bonds is 0. The third-order valence-electron chi connectivity index (χ3n) is 1.16. The number of halogens is 1. The zero-order chi connectivity index (χ0) is 6.85. The quantitative estimate of drug-likeness (QED) is 0.606. The molecule has 0 heterocycles. The Balaban J connectivity index is 3.25. The van der Waals surface area contributed by atoms with Crippen molar-refractivity contribution in [2.24, 2.45) is 0 Å². The molecule has 0 saturated heterocycles. The maximum atomic E-state index is 10.8. The minimum absolute atomic E-state index is 0.0509. The van der Waals surface area contributed by atoms with Crippen LogP contribution in [-0.2, 0) is 0 Å². The third kappa shape index (κ3) is 1.24. The van der Waals surface area contributed by atoms with Crippen molar-refractivity contribution in [2.75, 3.05) is 0 Å². The second-order valence-electron chi connectivity index (χ2n) is 1.89. The van der Waals surface area contributed by atoms with Crippen LogP contribution in [0.3, 0.4) is 0 Å². The summed E-state index contributed by atoms with van der Waals surface area (Å²) in [5.41, 5.74) is 0.988. The van der Waals surface area contributed by atoms with Crippen molar-refractivity contribution in [1.29, 1.82) is 0 Å². The Labute approximate surface area is 62.5 Å². The first-order valence-electron chi connectivity index (χ1n) is 2.64. The molecule has 0 aromatic heterocycles. The average molecular weight is 186 g/mol. The SMILES string of the molecule is Cc1cccc([O-])c1Br. The van der Waals surface area contributed by atoms with Crippen molar-refractivity contribution < 1.29 is 5.11 Å². The lowest BCUT2D eigenvalue weighted by atomic mass is 10.2. The van der Waals surface area contributed by atoms with E-state index in [1.54, 1.807) is 6.07 Å². The van der Waals surface area contributed by atoms with Crippen LogP contribution in [-0.4, -0.2) is 0 Å². The molecule has 0 aliphatic rings. The Bertz CT molecular complexity index is 200. The van der Waals surface area contributed by atoms with Crippen molar-refractivity contribution in [2.45, 2.75) is 6.92 Å². The molecule has 9 heavy (non-hydrogen) atoms. The topological polar surface area (TPSA) is 23.1 Å². The molecule has 1 aromatic rings. The molecule has 0 N–H and O–H groups in total. The van der Waals surface area contributed by atoms with Crippen molar-refractivity contribution in [3.8, 4) is 5.75 Å². The Kier molecular flexibility index (Phi) is 1.76. The van der Waals surface area contributed by atoms with Crippen LogP contribution < -0.4 is 5.11 Å². The molecule has 48 valence electrons. The van der Waals surface area contributed by atoms with Crippen LogP contribution >= 0.6 is 15.9 Å². The fourth-order valence-corrected chi connectivity index (χ4v) is 0.885. The van der Waals surface area contributed by atoms with E-state index in [1.165, 1.54) is 6.07 Å². The summed E-state index contributed by atoms with van der Waals surface area (Å²) in [6.07, 6.45) is 0. The minimum Gasteiger partial charge on any atom is -0.872 e. The summed E-state index contributed by atoms with van der Waals surface area (Å²) in [4.78, 5) is 0. The van der Waals surface area contributed by atoms with Gasteiger partial charge < -0.3 is 5.11 Å². The molecular formula is C7H6BrO-. The Hall–Kier alpha value is -0.500. The van der Waals surface area contributed by atoms with Crippen molar-refractivity contribution >= 4 is 15.9 Å². The lowest BCUT2D eigenvalue weighted by molar-refractivity contribution is -0.269. The van der Waals surface area contributed by atoms with Gasteiger partial charge in [-0.05, 0) is 12.5 Å². The van der Waals surface area contributed by atoms with Gasteiger partial charge in [0.05, 0.1) is 0 Å². The van der Waals surface area contributed by atoms with Gasteiger partial charge in [0.1, 0.15) is 0 Å². The largest absolute Gasteiger partial charge is 0.872 e. The predicted octanol–water partition coefficient (Wildman–Crippen LogP) is 1.83. The molecule has 2 heteroatoms. The zero-order valence-corrected chi connectivity index (χ0v) is 6.60. The molecule has 1 rings (SSSR count). The molecule has 1 aromatic carbocycles. The minimum atomic E-state index is 0.0509. The second kappa shape index (κ2) is 2.40. The summed E-state index contributed by atoms with van der Waals surface area (Å²) in [7, 11) is 0. The van der Waals surface area contributed by atoms with E-state index in [2.05, 4.69) is 15.9 Å². The highest BCUT2D eigenvalue weighted by atomic mass is 79.9. The molecule has 0 saturated carbocycles. The predicted molar refractivity (Wildman–Crippen MR) is 38.3 cm³/mol. The van der Waals surface area contributed by atoms with Gasteiger partial charge in [-0.2, -0.15) is 0 Å². The van der Waals surface area contributed by atoms with Crippen LogP contribution in [0, 0.1) is 6.92 Å². The van der Waals surface area contributed by atoms with Gasteiger partial charge in [0.15, 0.2) is 0 Å². The van der Waals surface area contributed by atoms with Crippen molar-refractivity contribution in [3.63, 3.8) is 0 Å². The molecule has 0 fully saturated rings. The fraction of sp³-hybridized carbons (Fsp3) is 0.143. The van der Waals surface area contributed by atoms with Crippen LogP contribution in [0.5, 0.6) is 5.75 Å². The summed E-state index contributed by atoms with van der Waals surface area (Å²) < 4.78 is 0.671. The van der Waals surface area contributed by atoms with Gasteiger partial charge in [-0.3, -0.25) is 0 Å². The number of aryl methyl sites for hydroxylation is 1. The van der Waals surface area contributed by atoms with Crippen molar-refractivity contribution in [1.82, 2.24) is 0 Å². The Morgan fingerprint density at radius 1 is 1.44 bits per heavy atom. The lowest BCUT2D eigenvalue weighted by Gasteiger charge is -2.08. The van der Waals surface area contributed by atoms with Crippen LogP contribution in [0.2, 0.25) is 0 Å². The van der Waals surface area contributed by atoms with Gasteiger partial charge in [0.25, 0.3) is 0 Å². The first kappa shape index (κ1) is 6.62. The summed E-state index contributed by atoms with van der Waals surface area (Å²) >= 11 is 3.17. The van der Waals surface area contributed by atoms with Gasteiger partial charge >= 0.3 is 0 Å². The normalized spacial score (nSPS) is 9.56. The van der Waals surface area contributed by atoms with Crippen LogP contribution in [0.15, 0.2) is 22.7 Å². The summed E-state index contributed by atoms with van der Waals surface area (Å²) in [6, 6.07) is 5.19. The average Bonchev–Trinajstić information content (AvgIpc) is 1.83. The summed E-state index contributed by atoms with van der Waals surface area (Å²) in [6.45, 7) is 1.89. The molecule has 1 nitrogen and oxygen atoms in total. The Morgan fingerprint density at radius 3 is 2.56 bits per heavy atom. The standard InChI is InChI=1S/C7H7BrO/c1-5-3-2-4-6(9)7(5)8/h2-4,9H,1H3/p-1. The van der Waals surface area contributed by atoms with E-state index < -0.39 is 0 Å². The molecule has 0 atom stereocenters. The fourth-order valence-electron chi connectivity index (χ4n) is 0.621. The maximum absolute atomic E-state index is 10.8. The second-order valence-corrected chi connectivity index (χ2v) is 2.68. The van der Waals surface area contributed by atoms with E-state index >= 15 is 0 Å². The van der Waals surface area contributed by atoms with Gasteiger partial charge in [-0.15, -0.1) is 0 Å². The molecule has 0 amide bonds. The van der Waals surface area contributed by atoms with Crippen molar-refractivity contribution in [3.05, 3.63) is 28.2 Å². The highest BCUT2D eigenvalue weighted by molar-refractivity contribution is 9.10. The number of benzene rings is 1. The number of hydrogen-bond donors (Lipinski definition) is 0. The first-order chi connectivity index (χ1) is 4.22. The van der Waals surface area contributed by atoms with Gasteiger partial charge in [0.2, 0.25) is 0 Å². The number of hydrogen-bond acceptors (Lipinski definition) is 1. The molecule has 0 radical (unpaired) electrons. The molecule has 0 spiro atoms. The van der Waals surface area contributed by atoms with E-state index in [9.17, 15) is 5.11 Å². The van der Waals surface area contributed by atoms with Gasteiger partial charge in [-0.1, -0.05) is 39.9 Å². The molecule has 0 unspecified atom stereocenters. The van der Waals surface area contributed by atoms with Gasteiger partial charge in [0, 0.05) is 4.47 Å². The lowest BCUT2D eigenvalue weighted by Crippen LogP contribution is -1.90. The smallest absolute Gasteiger partial charge is 0.0125 e. The summed E-state index contributed by atoms with van der Waals surface area (Å²) in [5.74, 6) is 0.0509.